The standard InChI is InChI=1S/C24H34N8O5S2/c1-14-18(15(2)32(3)30-14)13-28-16-6-8-17(9-7-16)39(36,37)31-19-10-12-38-21(19)22(33)29-20(23(34)35)5-4-11-27-24(25)26/h6-10,12,20,24,27-28,31H,4-5,11,13,25-26H2,1-3H3,(H,29,33)(H,34,35)/t20-/m0/s1. The van der Waals surface area contributed by atoms with Gasteiger partial charge in [0.05, 0.1) is 16.3 Å². The highest BCUT2D eigenvalue weighted by Crippen LogP contribution is 2.26. The van der Waals surface area contributed by atoms with Crippen molar-refractivity contribution in [3.05, 3.63) is 57.5 Å². The van der Waals surface area contributed by atoms with Crippen molar-refractivity contribution in [1.82, 2.24) is 20.4 Å². The number of nitrogens with one attached hydrogen (secondary N) is 4. The number of amides is 1. The molecule has 3 aromatic rings. The highest BCUT2D eigenvalue weighted by molar-refractivity contribution is 7.92. The van der Waals surface area contributed by atoms with Crippen molar-refractivity contribution < 1.29 is 23.1 Å². The summed E-state index contributed by atoms with van der Waals surface area (Å²) in [7, 11) is -2.14. The Bertz CT molecular complexity index is 1400. The maximum absolute atomic E-state index is 13.0. The van der Waals surface area contributed by atoms with Gasteiger partial charge in [0, 0.05) is 30.5 Å². The smallest absolute Gasteiger partial charge is 0.326 e. The highest BCUT2D eigenvalue weighted by atomic mass is 32.2. The van der Waals surface area contributed by atoms with Gasteiger partial charge in [-0.05, 0) is 68.9 Å². The fraction of sp³-hybridized carbons (Fsp3) is 0.375. The van der Waals surface area contributed by atoms with Crippen molar-refractivity contribution in [3.63, 3.8) is 0 Å². The number of rotatable bonds is 14. The number of carboxylic acid groups (broad SMARTS) is 1. The van der Waals surface area contributed by atoms with E-state index in [-0.39, 0.29) is 21.9 Å². The van der Waals surface area contributed by atoms with Crippen LogP contribution in [0.15, 0.2) is 40.6 Å². The average Bonchev–Trinajstić information content (AvgIpc) is 3.42. The van der Waals surface area contributed by atoms with Gasteiger partial charge in [-0.3, -0.25) is 19.5 Å². The van der Waals surface area contributed by atoms with E-state index in [0.29, 0.717) is 19.5 Å². The zero-order valence-corrected chi connectivity index (χ0v) is 23.5. The molecule has 0 radical (unpaired) electrons. The number of carbonyl (C=O) groups excluding carboxylic acids is 1. The molecule has 0 fully saturated rings. The summed E-state index contributed by atoms with van der Waals surface area (Å²) in [4.78, 5) is 24.5. The van der Waals surface area contributed by atoms with Crippen LogP contribution in [0.2, 0.25) is 0 Å². The first-order valence-electron chi connectivity index (χ1n) is 12.1. The first-order valence-corrected chi connectivity index (χ1v) is 14.5. The first-order chi connectivity index (χ1) is 18.4. The number of carbonyl (C=O) groups is 2. The Hall–Kier alpha value is -3.50. The number of aryl methyl sites for hydroxylation is 2. The topological polar surface area (TPSA) is 206 Å². The SMILES string of the molecule is Cc1nn(C)c(C)c1CNc1ccc(S(=O)(=O)Nc2ccsc2C(=O)N[C@@H](CCCNC(N)N)C(=O)O)cc1. The molecule has 39 heavy (non-hydrogen) atoms. The average molecular weight is 579 g/mol. The molecule has 0 bridgehead atoms. The number of aromatic nitrogens is 2. The van der Waals surface area contributed by atoms with Crippen LogP contribution in [0.4, 0.5) is 11.4 Å². The van der Waals surface area contributed by atoms with Gasteiger partial charge in [0.2, 0.25) is 0 Å². The van der Waals surface area contributed by atoms with Crippen LogP contribution in [0.5, 0.6) is 0 Å². The van der Waals surface area contributed by atoms with Crippen LogP contribution in [0, 0.1) is 13.8 Å². The molecule has 15 heteroatoms. The van der Waals surface area contributed by atoms with Crippen molar-refractivity contribution in [2.45, 2.75) is 50.5 Å². The molecule has 212 valence electrons. The number of benzene rings is 1. The van der Waals surface area contributed by atoms with Crippen LogP contribution < -0.4 is 32.1 Å². The van der Waals surface area contributed by atoms with E-state index in [9.17, 15) is 23.1 Å². The Morgan fingerprint density at radius 2 is 1.85 bits per heavy atom. The largest absolute Gasteiger partial charge is 0.480 e. The van der Waals surface area contributed by atoms with Gasteiger partial charge in [0.25, 0.3) is 15.9 Å². The number of sulfonamides is 1. The van der Waals surface area contributed by atoms with Crippen molar-refractivity contribution in [3.8, 4) is 0 Å². The highest BCUT2D eigenvalue weighted by Gasteiger charge is 2.25. The molecule has 0 aliphatic carbocycles. The lowest BCUT2D eigenvalue weighted by Crippen LogP contribution is -2.46. The van der Waals surface area contributed by atoms with E-state index in [1.165, 1.54) is 18.2 Å². The molecular weight excluding hydrogens is 544 g/mol. The first kappa shape index (κ1) is 30.0. The number of hydrogen-bond donors (Lipinski definition) is 7. The second kappa shape index (κ2) is 13.0. The number of nitrogens with two attached hydrogens (primary N) is 2. The van der Waals surface area contributed by atoms with Gasteiger partial charge in [-0.25, -0.2) is 13.2 Å². The van der Waals surface area contributed by atoms with E-state index < -0.39 is 34.2 Å². The minimum Gasteiger partial charge on any atom is -0.480 e. The predicted octanol–water partition coefficient (Wildman–Crippen LogP) is 1.27. The molecule has 0 saturated carbocycles. The van der Waals surface area contributed by atoms with Crippen molar-refractivity contribution >= 4 is 44.6 Å². The van der Waals surface area contributed by atoms with Crippen LogP contribution in [0.25, 0.3) is 0 Å². The summed E-state index contributed by atoms with van der Waals surface area (Å²) in [5.74, 6) is -1.90. The molecule has 1 amide bonds. The third-order valence-electron chi connectivity index (χ3n) is 6.06. The lowest BCUT2D eigenvalue weighted by atomic mass is 10.1. The second-order valence-electron chi connectivity index (χ2n) is 8.91. The molecule has 0 spiro atoms. The third-order valence-corrected chi connectivity index (χ3v) is 8.36. The molecule has 1 aromatic carbocycles. The molecule has 0 aliphatic heterocycles. The summed E-state index contributed by atoms with van der Waals surface area (Å²) in [6.45, 7) is 4.83. The van der Waals surface area contributed by atoms with E-state index in [1.54, 1.807) is 17.5 Å². The van der Waals surface area contributed by atoms with Crippen LogP contribution in [0.1, 0.15) is 39.5 Å². The van der Waals surface area contributed by atoms with Gasteiger partial charge in [0.1, 0.15) is 17.2 Å². The van der Waals surface area contributed by atoms with Crippen molar-refractivity contribution in [2.24, 2.45) is 18.5 Å². The summed E-state index contributed by atoms with van der Waals surface area (Å²) < 4.78 is 30.3. The molecule has 0 saturated heterocycles. The van der Waals surface area contributed by atoms with Crippen LogP contribution in [-0.4, -0.2) is 54.1 Å². The van der Waals surface area contributed by atoms with Gasteiger partial charge in [-0.2, -0.15) is 5.10 Å². The Labute approximate surface area is 231 Å². The summed E-state index contributed by atoms with van der Waals surface area (Å²) >= 11 is 0.996. The monoisotopic (exact) mass is 578 g/mol. The maximum atomic E-state index is 13.0. The molecule has 2 aromatic heterocycles. The number of nitrogens with zero attached hydrogens (tertiary/aromatic N) is 2. The van der Waals surface area contributed by atoms with E-state index in [2.05, 4.69) is 25.8 Å². The molecule has 3 rings (SSSR count). The van der Waals surface area contributed by atoms with Crippen LogP contribution >= 0.6 is 11.3 Å². The fourth-order valence-corrected chi connectivity index (χ4v) is 5.73. The van der Waals surface area contributed by atoms with Gasteiger partial charge in [-0.1, -0.05) is 0 Å². The quantitative estimate of drug-likeness (QED) is 0.108. The zero-order chi connectivity index (χ0) is 28.7. The zero-order valence-electron chi connectivity index (χ0n) is 21.9. The lowest BCUT2D eigenvalue weighted by molar-refractivity contribution is -0.139. The van der Waals surface area contributed by atoms with Crippen molar-refractivity contribution in [1.29, 1.82) is 0 Å². The predicted molar refractivity (Wildman–Crippen MR) is 150 cm³/mol. The Morgan fingerprint density at radius 3 is 2.44 bits per heavy atom. The molecule has 0 unspecified atom stereocenters. The molecule has 2 heterocycles. The Morgan fingerprint density at radius 1 is 1.15 bits per heavy atom. The fourth-order valence-electron chi connectivity index (χ4n) is 3.84. The third kappa shape index (κ3) is 8.00. The van der Waals surface area contributed by atoms with Gasteiger partial charge < -0.3 is 27.2 Å². The van der Waals surface area contributed by atoms with Gasteiger partial charge in [-0.15, -0.1) is 11.3 Å². The lowest BCUT2D eigenvalue weighted by Gasteiger charge is -2.16. The molecule has 13 nitrogen and oxygen atoms in total. The number of thiophene rings is 1. The summed E-state index contributed by atoms with van der Waals surface area (Å²) in [5.41, 5.74) is 14.6. The molecular formula is C24H34N8O5S2. The molecule has 9 N–H and O–H groups in total. The number of anilines is 2. The van der Waals surface area contributed by atoms with Gasteiger partial charge in [0.15, 0.2) is 0 Å². The minimum absolute atomic E-state index is 0.00775. The Balaban J connectivity index is 1.64. The second-order valence-corrected chi connectivity index (χ2v) is 11.5. The summed E-state index contributed by atoms with van der Waals surface area (Å²) in [6.07, 6.45) is -0.191. The van der Waals surface area contributed by atoms with E-state index in [0.717, 1.165) is 34.0 Å². The number of carboxylic acids is 1. The van der Waals surface area contributed by atoms with Crippen molar-refractivity contribution in [2.75, 3.05) is 16.6 Å². The van der Waals surface area contributed by atoms with Crippen LogP contribution in [0.3, 0.4) is 0 Å². The Kier molecular flexibility index (Phi) is 10.0. The van der Waals surface area contributed by atoms with E-state index in [4.69, 9.17) is 11.5 Å². The molecule has 0 aliphatic rings. The maximum Gasteiger partial charge on any atom is 0.326 e. The number of aliphatic carboxylic acids is 1. The van der Waals surface area contributed by atoms with Gasteiger partial charge >= 0.3 is 5.97 Å². The minimum atomic E-state index is -4.02. The molecule has 1 atom stereocenters. The normalized spacial score (nSPS) is 12.4. The summed E-state index contributed by atoms with van der Waals surface area (Å²) in [5, 5.41) is 23.9. The summed E-state index contributed by atoms with van der Waals surface area (Å²) in [6, 6.07) is 6.51. The van der Waals surface area contributed by atoms with E-state index in [1.807, 2.05) is 25.6 Å². The van der Waals surface area contributed by atoms with E-state index >= 15 is 0 Å². The number of hydrogen-bond acceptors (Lipinski definition) is 10. The van der Waals surface area contributed by atoms with Crippen LogP contribution in [-0.2, 0) is 28.4 Å².